The summed E-state index contributed by atoms with van der Waals surface area (Å²) in [6.07, 6.45) is 1.37. The van der Waals surface area contributed by atoms with Gasteiger partial charge >= 0.3 is 0 Å². The van der Waals surface area contributed by atoms with E-state index in [0.717, 1.165) is 37.7 Å². The van der Waals surface area contributed by atoms with Crippen LogP contribution < -0.4 is 14.8 Å². The minimum atomic E-state index is 0. The third-order valence-corrected chi connectivity index (χ3v) is 4.19. The quantitative estimate of drug-likeness (QED) is 0.924. The molecule has 4 nitrogen and oxygen atoms in total. The Hall–Kier alpha value is -0.970. The minimum Gasteiger partial charge on any atom is -0.486 e. The molecule has 0 aromatic heterocycles. The van der Waals surface area contributed by atoms with Gasteiger partial charge in [-0.25, -0.2) is 0 Å². The molecule has 2 aliphatic heterocycles. The summed E-state index contributed by atoms with van der Waals surface area (Å²) in [4.78, 5) is 2.37. The number of halogens is 1. The van der Waals surface area contributed by atoms with Crippen LogP contribution in [0.2, 0.25) is 0 Å². The summed E-state index contributed by atoms with van der Waals surface area (Å²) < 4.78 is 11.8. The van der Waals surface area contributed by atoms with Crippen molar-refractivity contribution in [1.29, 1.82) is 0 Å². The second-order valence-corrected chi connectivity index (χ2v) is 6.43. The molecule has 1 aromatic carbocycles. The van der Waals surface area contributed by atoms with E-state index in [2.05, 4.69) is 24.2 Å². The number of likely N-dealkylation sites (N-methyl/N-ethyl adjacent to an activating group) is 1. The Bertz CT molecular complexity index is 463. The molecule has 1 fully saturated rings. The topological polar surface area (TPSA) is 33.7 Å². The number of hydrogen-bond acceptors (Lipinski definition) is 4. The van der Waals surface area contributed by atoms with Crippen molar-refractivity contribution in [2.45, 2.75) is 19.4 Å². The molecule has 21 heavy (non-hydrogen) atoms. The summed E-state index contributed by atoms with van der Waals surface area (Å²) in [7, 11) is 2.17. The highest BCUT2D eigenvalue weighted by Gasteiger charge is 2.31. The van der Waals surface area contributed by atoms with Crippen molar-refractivity contribution in [2.75, 3.05) is 39.8 Å². The first-order chi connectivity index (χ1) is 9.65. The lowest BCUT2D eigenvalue weighted by Crippen LogP contribution is -2.43. The second kappa shape index (κ2) is 6.86. The Balaban J connectivity index is 0.00000161. The van der Waals surface area contributed by atoms with Crippen LogP contribution in [0.5, 0.6) is 11.5 Å². The highest BCUT2D eigenvalue weighted by atomic mass is 35.5. The third kappa shape index (κ3) is 4.02. The number of fused-ring (bicyclic) bond motifs is 1. The maximum atomic E-state index is 6.02. The molecule has 2 unspecified atom stereocenters. The SMILES string of the molecule is CN(CC1COc2ccccc2O1)CC1(C)CCNC1.Cl. The van der Waals surface area contributed by atoms with Crippen LogP contribution in [0.25, 0.3) is 0 Å². The molecule has 0 spiro atoms. The number of nitrogens with zero attached hydrogens (tertiary/aromatic N) is 1. The van der Waals surface area contributed by atoms with E-state index < -0.39 is 0 Å². The Labute approximate surface area is 133 Å². The molecule has 3 rings (SSSR count). The first-order valence-electron chi connectivity index (χ1n) is 7.42. The second-order valence-electron chi connectivity index (χ2n) is 6.43. The average Bonchev–Trinajstić information content (AvgIpc) is 2.84. The summed E-state index contributed by atoms with van der Waals surface area (Å²) in [5, 5.41) is 3.45. The van der Waals surface area contributed by atoms with Crippen molar-refractivity contribution in [2.24, 2.45) is 5.41 Å². The molecule has 0 radical (unpaired) electrons. The number of nitrogens with one attached hydrogen (secondary N) is 1. The lowest BCUT2D eigenvalue weighted by Gasteiger charge is -2.33. The fourth-order valence-corrected chi connectivity index (χ4v) is 3.22. The summed E-state index contributed by atoms with van der Waals surface area (Å²) in [6.45, 7) is 7.25. The Morgan fingerprint density at radius 3 is 2.81 bits per heavy atom. The predicted molar refractivity (Wildman–Crippen MR) is 86.7 cm³/mol. The molecule has 5 heteroatoms. The maximum absolute atomic E-state index is 6.02. The predicted octanol–water partition coefficient (Wildman–Crippen LogP) is 2.18. The molecule has 0 aliphatic carbocycles. The summed E-state index contributed by atoms with van der Waals surface area (Å²) in [5.74, 6) is 1.73. The van der Waals surface area contributed by atoms with Crippen LogP contribution >= 0.6 is 12.4 Å². The fraction of sp³-hybridized carbons (Fsp3) is 0.625. The van der Waals surface area contributed by atoms with Gasteiger partial charge in [0, 0.05) is 19.6 Å². The number of ether oxygens (including phenoxy) is 2. The van der Waals surface area contributed by atoms with Gasteiger partial charge in [-0.15, -0.1) is 12.4 Å². The molecule has 118 valence electrons. The van der Waals surface area contributed by atoms with E-state index in [-0.39, 0.29) is 18.5 Å². The largest absolute Gasteiger partial charge is 0.486 e. The Morgan fingerprint density at radius 1 is 1.33 bits per heavy atom. The van der Waals surface area contributed by atoms with Crippen molar-refractivity contribution >= 4 is 12.4 Å². The van der Waals surface area contributed by atoms with Crippen molar-refractivity contribution in [3.8, 4) is 11.5 Å². The van der Waals surface area contributed by atoms with Crippen LogP contribution in [0.1, 0.15) is 13.3 Å². The van der Waals surface area contributed by atoms with Gasteiger partial charge < -0.3 is 19.7 Å². The first-order valence-corrected chi connectivity index (χ1v) is 7.42. The summed E-state index contributed by atoms with van der Waals surface area (Å²) in [5.41, 5.74) is 0.391. The van der Waals surface area contributed by atoms with Gasteiger partial charge in [-0.2, -0.15) is 0 Å². The average molecular weight is 313 g/mol. The van der Waals surface area contributed by atoms with E-state index in [1.54, 1.807) is 0 Å². The van der Waals surface area contributed by atoms with Gasteiger partial charge in [0.05, 0.1) is 0 Å². The van der Waals surface area contributed by atoms with Gasteiger partial charge in [-0.05, 0) is 37.6 Å². The minimum absolute atomic E-state index is 0. The molecule has 0 saturated carbocycles. The van der Waals surface area contributed by atoms with Gasteiger partial charge in [0.25, 0.3) is 0 Å². The van der Waals surface area contributed by atoms with Gasteiger partial charge in [-0.3, -0.25) is 0 Å². The first kappa shape index (κ1) is 16.4. The van der Waals surface area contributed by atoms with Crippen molar-refractivity contribution < 1.29 is 9.47 Å². The van der Waals surface area contributed by atoms with Crippen LogP contribution in [0.15, 0.2) is 24.3 Å². The van der Waals surface area contributed by atoms with E-state index >= 15 is 0 Å². The smallest absolute Gasteiger partial charge is 0.161 e. The van der Waals surface area contributed by atoms with Crippen molar-refractivity contribution in [3.63, 3.8) is 0 Å². The lowest BCUT2D eigenvalue weighted by molar-refractivity contribution is 0.0561. The molecule has 1 N–H and O–H groups in total. The molecule has 2 aliphatic rings. The standard InChI is InChI=1S/C16H24N2O2.ClH/c1-16(7-8-17-11-16)12-18(2)9-13-10-19-14-5-3-4-6-15(14)20-13;/h3-6,13,17H,7-12H2,1-2H3;1H. The third-order valence-electron chi connectivity index (χ3n) is 4.19. The summed E-state index contributed by atoms with van der Waals surface area (Å²) >= 11 is 0. The zero-order valence-corrected chi connectivity index (χ0v) is 13.6. The molecule has 1 aromatic rings. The van der Waals surface area contributed by atoms with E-state index in [9.17, 15) is 0 Å². The van der Waals surface area contributed by atoms with Gasteiger partial charge in [0.1, 0.15) is 12.7 Å². The van der Waals surface area contributed by atoms with Gasteiger partial charge in [-0.1, -0.05) is 19.1 Å². The lowest BCUT2D eigenvalue weighted by atomic mass is 9.89. The number of benzene rings is 1. The number of hydrogen-bond donors (Lipinski definition) is 1. The van der Waals surface area contributed by atoms with Crippen molar-refractivity contribution in [1.82, 2.24) is 10.2 Å². The van der Waals surface area contributed by atoms with Crippen LogP contribution in [-0.2, 0) is 0 Å². The van der Waals surface area contributed by atoms with E-state index in [1.807, 2.05) is 24.3 Å². The zero-order valence-electron chi connectivity index (χ0n) is 12.8. The van der Waals surface area contributed by atoms with Crippen molar-refractivity contribution in [3.05, 3.63) is 24.3 Å². The maximum Gasteiger partial charge on any atom is 0.161 e. The normalized spacial score (nSPS) is 27.5. The molecule has 0 amide bonds. The number of para-hydroxylation sites is 2. The Kier molecular flexibility index (Phi) is 5.36. The van der Waals surface area contributed by atoms with E-state index in [1.165, 1.54) is 6.42 Å². The molecular formula is C16H25ClN2O2. The van der Waals surface area contributed by atoms with E-state index in [0.29, 0.717) is 12.0 Å². The molecule has 2 heterocycles. The highest BCUT2D eigenvalue weighted by molar-refractivity contribution is 5.85. The molecule has 1 saturated heterocycles. The monoisotopic (exact) mass is 312 g/mol. The van der Waals surface area contributed by atoms with Crippen LogP contribution in [0.4, 0.5) is 0 Å². The molecule has 2 atom stereocenters. The highest BCUT2D eigenvalue weighted by Crippen LogP contribution is 2.31. The van der Waals surface area contributed by atoms with Crippen LogP contribution in [-0.4, -0.2) is 50.8 Å². The number of rotatable bonds is 4. The fourth-order valence-electron chi connectivity index (χ4n) is 3.22. The molecule has 0 bridgehead atoms. The zero-order chi connectivity index (χ0) is 14.0. The van der Waals surface area contributed by atoms with E-state index in [4.69, 9.17) is 9.47 Å². The van der Waals surface area contributed by atoms with Crippen LogP contribution in [0, 0.1) is 5.41 Å². The van der Waals surface area contributed by atoms with Gasteiger partial charge in [0.15, 0.2) is 11.5 Å². The van der Waals surface area contributed by atoms with Crippen LogP contribution in [0.3, 0.4) is 0 Å². The van der Waals surface area contributed by atoms with Gasteiger partial charge in [0.2, 0.25) is 0 Å². The summed E-state index contributed by atoms with van der Waals surface area (Å²) in [6, 6.07) is 7.90. The molecular weight excluding hydrogens is 288 g/mol. The Morgan fingerprint density at radius 2 is 2.10 bits per heavy atom.